The Morgan fingerprint density at radius 1 is 1.02 bits per heavy atom. The summed E-state index contributed by atoms with van der Waals surface area (Å²) < 4.78 is 0. The lowest BCUT2D eigenvalue weighted by Crippen LogP contribution is -2.30. The second-order valence-corrected chi connectivity index (χ2v) is 12.3. The lowest BCUT2D eigenvalue weighted by molar-refractivity contribution is -0.117. The number of thiazole rings is 1. The molecule has 1 fully saturated rings. The number of rotatable bonds is 7. The Hall–Kier alpha value is -3.32. The first kappa shape index (κ1) is 28.2. The molecule has 4 aromatic rings. The Bertz CT molecular complexity index is 1670. The van der Waals surface area contributed by atoms with E-state index in [0.29, 0.717) is 37.9 Å². The van der Waals surface area contributed by atoms with Crippen LogP contribution in [0, 0.1) is 11.3 Å². The molecule has 1 atom stereocenters. The summed E-state index contributed by atoms with van der Waals surface area (Å²) in [4.78, 5) is 33.6. The van der Waals surface area contributed by atoms with E-state index in [1.165, 1.54) is 16.2 Å². The quantitative estimate of drug-likeness (QED) is 0.168. The van der Waals surface area contributed by atoms with E-state index >= 15 is 0 Å². The molecule has 40 heavy (non-hydrogen) atoms. The normalized spacial score (nSPS) is 16.1. The van der Waals surface area contributed by atoms with E-state index in [2.05, 4.69) is 10.3 Å². The summed E-state index contributed by atoms with van der Waals surface area (Å²) in [6.07, 6.45) is 2.55. The summed E-state index contributed by atoms with van der Waals surface area (Å²) in [5.74, 6) is -0.912. The monoisotopic (exact) mass is 624 g/mol. The van der Waals surface area contributed by atoms with E-state index in [1.54, 1.807) is 54.7 Å². The number of para-hydroxylation sites is 1. The molecule has 2 heterocycles. The van der Waals surface area contributed by atoms with E-state index < -0.39 is 11.2 Å². The SMILES string of the molecule is N#C/C(C(=O)Nc1ncc(Cc2cccc(Cl)c2)s1)=C1/SC(Cc2cc(Cl)ccc2Cl)C(=O)N1c1ccccc1. The fourth-order valence-corrected chi connectivity index (χ4v) is 6.89. The van der Waals surface area contributed by atoms with Gasteiger partial charge in [0, 0.05) is 38.3 Å². The first-order chi connectivity index (χ1) is 19.3. The molecular formula is C29H19Cl3N4O2S2. The number of anilines is 2. The van der Waals surface area contributed by atoms with Crippen LogP contribution >= 0.6 is 57.9 Å². The standard InChI is InChI=1S/C29H19Cl3N4O2S2/c30-19-6-4-5-17(11-19)12-22-16-34-29(39-22)35-26(37)23(15-33)28-36(21-7-2-1-3-8-21)27(38)25(40-28)14-18-13-20(31)9-10-24(18)32/h1-11,13,16,25H,12,14H2,(H,34,35,37)/b28-23-. The largest absolute Gasteiger partial charge is 0.297 e. The van der Waals surface area contributed by atoms with Crippen molar-refractivity contribution in [2.24, 2.45) is 0 Å². The van der Waals surface area contributed by atoms with Crippen LogP contribution < -0.4 is 10.2 Å². The van der Waals surface area contributed by atoms with Gasteiger partial charge in [0.25, 0.3) is 5.91 Å². The van der Waals surface area contributed by atoms with E-state index in [-0.39, 0.29) is 22.9 Å². The number of amides is 2. The Labute approximate surface area is 254 Å². The number of halogens is 3. The summed E-state index contributed by atoms with van der Waals surface area (Å²) in [5, 5.41) is 14.4. The molecule has 200 valence electrons. The second kappa shape index (κ2) is 12.5. The molecule has 0 bridgehead atoms. The first-order valence-electron chi connectivity index (χ1n) is 12.0. The third kappa shape index (κ3) is 6.35. The topological polar surface area (TPSA) is 86.1 Å². The van der Waals surface area contributed by atoms with Gasteiger partial charge in [-0.15, -0.1) is 11.3 Å². The second-order valence-electron chi connectivity index (χ2n) is 8.74. The Morgan fingerprint density at radius 2 is 1.80 bits per heavy atom. The fraction of sp³-hybridized carbons (Fsp3) is 0.103. The molecule has 3 aromatic carbocycles. The van der Waals surface area contributed by atoms with Crippen molar-refractivity contribution in [2.75, 3.05) is 10.2 Å². The highest BCUT2D eigenvalue weighted by atomic mass is 35.5. The van der Waals surface area contributed by atoms with Crippen LogP contribution in [0.1, 0.15) is 16.0 Å². The average Bonchev–Trinajstić information content (AvgIpc) is 3.50. The Balaban J connectivity index is 1.42. The first-order valence-corrected chi connectivity index (χ1v) is 14.8. The molecule has 11 heteroatoms. The molecule has 0 saturated carbocycles. The van der Waals surface area contributed by atoms with Gasteiger partial charge < -0.3 is 0 Å². The van der Waals surface area contributed by atoms with E-state index in [9.17, 15) is 14.9 Å². The number of nitrogens with zero attached hydrogens (tertiary/aromatic N) is 3. The summed E-state index contributed by atoms with van der Waals surface area (Å²) >= 11 is 21.1. The highest BCUT2D eigenvalue weighted by Gasteiger charge is 2.41. The van der Waals surface area contributed by atoms with Crippen molar-refractivity contribution < 1.29 is 9.59 Å². The van der Waals surface area contributed by atoms with Crippen LogP contribution in [0.25, 0.3) is 0 Å². The van der Waals surface area contributed by atoms with Gasteiger partial charge in [-0.1, -0.05) is 76.9 Å². The third-order valence-electron chi connectivity index (χ3n) is 5.97. The van der Waals surface area contributed by atoms with Gasteiger partial charge in [-0.05, 0) is 60.0 Å². The van der Waals surface area contributed by atoms with Crippen LogP contribution in [-0.4, -0.2) is 22.0 Å². The van der Waals surface area contributed by atoms with Gasteiger partial charge >= 0.3 is 0 Å². The molecule has 0 aliphatic carbocycles. The molecule has 5 rings (SSSR count). The Morgan fingerprint density at radius 3 is 2.55 bits per heavy atom. The van der Waals surface area contributed by atoms with Crippen LogP contribution in [0.15, 0.2) is 89.6 Å². The molecule has 1 unspecified atom stereocenters. The minimum absolute atomic E-state index is 0.187. The predicted molar refractivity (Wildman–Crippen MR) is 163 cm³/mol. The van der Waals surface area contributed by atoms with Crippen molar-refractivity contribution in [2.45, 2.75) is 18.1 Å². The number of hydrogen-bond acceptors (Lipinski definition) is 6. The number of carbonyl (C=O) groups excluding carboxylic acids is 2. The Kier molecular flexibility index (Phi) is 8.79. The maximum Gasteiger partial charge on any atom is 0.270 e. The molecule has 0 spiro atoms. The lowest BCUT2D eigenvalue weighted by Gasteiger charge is -2.18. The van der Waals surface area contributed by atoms with Gasteiger partial charge in [-0.25, -0.2) is 4.98 Å². The number of aromatic nitrogens is 1. The molecular weight excluding hydrogens is 607 g/mol. The summed E-state index contributed by atoms with van der Waals surface area (Å²) in [7, 11) is 0. The summed E-state index contributed by atoms with van der Waals surface area (Å²) in [5.41, 5.74) is 2.08. The molecule has 1 saturated heterocycles. The van der Waals surface area contributed by atoms with Gasteiger partial charge in [-0.3, -0.25) is 19.8 Å². The van der Waals surface area contributed by atoms with Crippen LogP contribution in [0.5, 0.6) is 0 Å². The van der Waals surface area contributed by atoms with Crippen molar-refractivity contribution in [3.63, 3.8) is 0 Å². The highest BCUT2D eigenvalue weighted by molar-refractivity contribution is 8.05. The number of benzene rings is 3. The molecule has 1 aromatic heterocycles. The van der Waals surface area contributed by atoms with Crippen molar-refractivity contribution in [1.29, 1.82) is 5.26 Å². The van der Waals surface area contributed by atoms with Crippen LogP contribution in [0.2, 0.25) is 15.1 Å². The molecule has 2 amide bonds. The number of hydrogen-bond donors (Lipinski definition) is 1. The number of nitriles is 1. The van der Waals surface area contributed by atoms with Gasteiger partial charge in [0.05, 0.1) is 5.25 Å². The van der Waals surface area contributed by atoms with Crippen LogP contribution in [-0.2, 0) is 22.4 Å². The predicted octanol–water partition coefficient (Wildman–Crippen LogP) is 7.76. The van der Waals surface area contributed by atoms with Crippen molar-refractivity contribution in [3.8, 4) is 6.07 Å². The molecule has 1 N–H and O–H groups in total. The highest BCUT2D eigenvalue weighted by Crippen LogP contribution is 2.42. The summed E-state index contributed by atoms with van der Waals surface area (Å²) in [6, 6.07) is 23.5. The van der Waals surface area contributed by atoms with E-state index in [1.807, 2.05) is 30.3 Å². The minimum Gasteiger partial charge on any atom is -0.297 e. The molecule has 6 nitrogen and oxygen atoms in total. The van der Waals surface area contributed by atoms with Gasteiger partial charge in [-0.2, -0.15) is 5.26 Å². The van der Waals surface area contributed by atoms with Gasteiger partial charge in [0.2, 0.25) is 5.91 Å². The van der Waals surface area contributed by atoms with E-state index in [4.69, 9.17) is 34.8 Å². The summed E-state index contributed by atoms with van der Waals surface area (Å²) in [6.45, 7) is 0. The zero-order valence-corrected chi connectivity index (χ0v) is 24.5. The van der Waals surface area contributed by atoms with E-state index in [0.717, 1.165) is 22.2 Å². The van der Waals surface area contributed by atoms with Crippen molar-refractivity contribution >= 4 is 80.5 Å². The molecule has 1 aliphatic rings. The third-order valence-corrected chi connectivity index (χ3v) is 8.99. The number of carbonyl (C=O) groups is 2. The minimum atomic E-state index is -0.649. The average molecular weight is 626 g/mol. The fourth-order valence-electron chi connectivity index (χ4n) is 4.15. The van der Waals surface area contributed by atoms with Gasteiger partial charge in [0.15, 0.2) is 5.13 Å². The number of nitrogens with one attached hydrogen (secondary N) is 1. The zero-order chi connectivity index (χ0) is 28.2. The molecule has 1 aliphatic heterocycles. The number of thioether (sulfide) groups is 1. The van der Waals surface area contributed by atoms with Crippen molar-refractivity contribution in [3.05, 3.63) is 121 Å². The van der Waals surface area contributed by atoms with Crippen molar-refractivity contribution in [1.82, 2.24) is 4.98 Å². The van der Waals surface area contributed by atoms with Crippen LogP contribution in [0.3, 0.4) is 0 Å². The zero-order valence-electron chi connectivity index (χ0n) is 20.6. The lowest BCUT2D eigenvalue weighted by atomic mass is 10.1. The van der Waals surface area contributed by atoms with Gasteiger partial charge in [0.1, 0.15) is 16.7 Å². The smallest absolute Gasteiger partial charge is 0.270 e. The maximum atomic E-state index is 13.7. The van der Waals surface area contributed by atoms with Crippen LogP contribution in [0.4, 0.5) is 10.8 Å². The molecule has 0 radical (unpaired) electrons. The maximum absolute atomic E-state index is 13.7.